The van der Waals surface area contributed by atoms with Crippen molar-refractivity contribution in [3.05, 3.63) is 84.2 Å². The molecule has 0 radical (unpaired) electrons. The van der Waals surface area contributed by atoms with Gasteiger partial charge in [-0.05, 0) is 74.8 Å². The van der Waals surface area contributed by atoms with E-state index in [2.05, 4.69) is 52.8 Å². The average Bonchev–Trinajstić information content (AvgIpc) is 3.89. The predicted molar refractivity (Wildman–Crippen MR) is 270 cm³/mol. The van der Waals surface area contributed by atoms with E-state index in [1.54, 1.807) is 56.4 Å². The van der Waals surface area contributed by atoms with E-state index < -0.39 is 120 Å². The minimum absolute atomic E-state index is 0.0386. The average molecular weight is 1030 g/mol. The lowest BCUT2D eigenvalue weighted by atomic mass is 9.93. The van der Waals surface area contributed by atoms with Crippen molar-refractivity contribution in [2.24, 2.45) is 23.1 Å². The van der Waals surface area contributed by atoms with Gasteiger partial charge in [0.15, 0.2) is 5.96 Å². The molecule has 9 atom stereocenters. The third-order valence-electron chi connectivity index (χ3n) is 12.6. The number of aromatic amines is 1. The first-order valence-corrected chi connectivity index (χ1v) is 24.3. The Kier molecular flexibility index (Phi) is 20.4. The molecule has 5 rings (SSSR count). The number of nitrogens with one attached hydrogen (secondary N) is 11. The Morgan fingerprint density at radius 2 is 1.35 bits per heavy atom. The predicted octanol–water partition coefficient (Wildman–Crippen LogP) is -2.26. The third-order valence-corrected chi connectivity index (χ3v) is 12.6. The molecule has 11 amide bonds. The maximum Gasteiger partial charge on any atom is 0.325 e. The standard InChI is InChI=1S/C49H67N15O10/c1-4-31-42(68)62-38(23-29-24-55-32-15-9-8-14-30(29)32)46(72)60-35(40(51)66)20-26(2)21-36(57-39(65)25-64-47(73)34(63-49(64)74)17-11-19-54-48(52)53)44(70)56-27(3)41(67)59-33(16-10-18-50)43(69)61-37(45(71)58-31)22-28-12-6-5-7-13-28/h5-10,12-15,18,24,26-27,31,33-38,55H,4,11,16-17,19-23,25,50H2,1-3H3,(H2,51,66)(H,56,70)(H,57,65)(H,58,71)(H,59,67)(H,60,72)(H,61,69)(H,62,68)(H,63,74)(H4,52,53,54)/b18-10+/t26?,27-,31+,33+,34-,35+,36+,37-,38+/m1/s1. The van der Waals surface area contributed by atoms with Crippen molar-refractivity contribution in [2.75, 3.05) is 13.1 Å². The first-order valence-electron chi connectivity index (χ1n) is 24.3. The van der Waals surface area contributed by atoms with Gasteiger partial charge in [-0.25, -0.2) is 4.79 Å². The van der Waals surface area contributed by atoms with Crippen LogP contribution in [-0.2, 0) is 56.0 Å². The molecule has 25 heteroatoms. The van der Waals surface area contributed by atoms with Crippen molar-refractivity contribution < 1.29 is 47.9 Å². The number of fused-ring (bicyclic) bond motifs is 1. The van der Waals surface area contributed by atoms with E-state index in [-0.39, 0.29) is 57.5 Å². The molecule has 0 aliphatic carbocycles. The lowest BCUT2D eigenvalue weighted by Crippen LogP contribution is -2.60. The van der Waals surface area contributed by atoms with Crippen LogP contribution in [0.5, 0.6) is 0 Å². The smallest absolute Gasteiger partial charge is 0.325 e. The van der Waals surface area contributed by atoms with Crippen LogP contribution in [0.4, 0.5) is 4.79 Å². The topological polar surface area (TPSA) is 400 Å². The molecule has 3 aromatic rings. The summed E-state index contributed by atoms with van der Waals surface area (Å²) >= 11 is 0. The van der Waals surface area contributed by atoms with Crippen molar-refractivity contribution in [3.8, 4) is 0 Å². The van der Waals surface area contributed by atoms with E-state index in [0.29, 0.717) is 22.4 Å². The highest BCUT2D eigenvalue weighted by molar-refractivity contribution is 6.07. The Bertz CT molecular complexity index is 2590. The van der Waals surface area contributed by atoms with Crippen LogP contribution in [0.2, 0.25) is 0 Å². The summed E-state index contributed by atoms with van der Waals surface area (Å²) in [6, 6.07) is 4.55. The van der Waals surface area contributed by atoms with E-state index in [1.165, 1.54) is 13.0 Å². The van der Waals surface area contributed by atoms with Gasteiger partial charge < -0.3 is 70.0 Å². The van der Waals surface area contributed by atoms with Crippen molar-refractivity contribution in [2.45, 2.75) is 120 Å². The molecule has 74 heavy (non-hydrogen) atoms. The van der Waals surface area contributed by atoms with E-state index in [1.807, 2.05) is 18.2 Å². The normalized spacial score (nSPS) is 25.0. The molecule has 2 aromatic carbocycles. The number of hydrogen-bond donors (Lipinski definition) is 14. The summed E-state index contributed by atoms with van der Waals surface area (Å²) < 4.78 is 0. The highest BCUT2D eigenvalue weighted by Crippen LogP contribution is 2.21. The molecule has 1 aromatic heterocycles. The van der Waals surface area contributed by atoms with Gasteiger partial charge in [-0.15, -0.1) is 0 Å². The third kappa shape index (κ3) is 16.0. The zero-order valence-corrected chi connectivity index (χ0v) is 41.5. The van der Waals surface area contributed by atoms with E-state index in [4.69, 9.17) is 22.6 Å². The fourth-order valence-electron chi connectivity index (χ4n) is 8.57. The number of carbonyl (C=O) groups is 10. The number of para-hydroxylation sites is 1. The van der Waals surface area contributed by atoms with Gasteiger partial charge in [0.1, 0.15) is 54.9 Å². The number of amides is 11. The number of hydrogen-bond acceptors (Lipinski definition) is 12. The van der Waals surface area contributed by atoms with Crippen molar-refractivity contribution in [1.82, 2.24) is 57.7 Å². The van der Waals surface area contributed by atoms with Crippen LogP contribution in [0, 0.1) is 11.3 Å². The largest absolute Gasteiger partial charge is 0.405 e. The number of nitrogens with zero attached hydrogens (tertiary/aromatic N) is 1. The minimum atomic E-state index is -1.50. The van der Waals surface area contributed by atoms with E-state index in [0.717, 1.165) is 17.1 Å². The van der Waals surface area contributed by atoms with Crippen LogP contribution in [0.3, 0.4) is 0 Å². The summed E-state index contributed by atoms with van der Waals surface area (Å²) in [4.78, 5) is 142. The summed E-state index contributed by atoms with van der Waals surface area (Å²) in [6.45, 7) is 3.99. The Hall–Kier alpha value is -8.51. The lowest BCUT2D eigenvalue weighted by Gasteiger charge is -2.29. The van der Waals surface area contributed by atoms with Crippen LogP contribution in [0.1, 0.15) is 70.4 Å². The van der Waals surface area contributed by atoms with Crippen LogP contribution in [0.15, 0.2) is 73.1 Å². The minimum Gasteiger partial charge on any atom is -0.405 e. The summed E-state index contributed by atoms with van der Waals surface area (Å²) in [5.74, 6) is -8.58. The maximum atomic E-state index is 14.4. The van der Waals surface area contributed by atoms with Gasteiger partial charge in [-0.2, -0.15) is 0 Å². The Labute approximate surface area is 426 Å². The molecule has 2 saturated heterocycles. The summed E-state index contributed by atoms with van der Waals surface area (Å²) in [6.07, 6.45) is 4.00. The van der Waals surface area contributed by atoms with Gasteiger partial charge >= 0.3 is 6.03 Å². The van der Waals surface area contributed by atoms with Crippen molar-refractivity contribution >= 4 is 76.1 Å². The second-order valence-electron chi connectivity index (χ2n) is 18.4. The number of urea groups is 1. The molecule has 17 N–H and O–H groups in total. The number of imide groups is 1. The SMILES string of the molecule is CC[C@@H]1NC(=O)[C@@H](Cc2ccccc2)NC(=O)[C@H](C/C=C/N)NC(=O)[C@@H](C)NC(=O)[C@@H](NC(=O)CN2C(=O)N[C@H](CCCNC(=N)N)C2=O)CC(C)C[C@@H](C(N)=O)NC(=O)[C@H](Cc2c[nH]c3ccccc23)NC1=O. The fraction of sp³-hybridized carbons (Fsp3) is 0.449. The van der Waals surface area contributed by atoms with Crippen molar-refractivity contribution in [3.63, 3.8) is 0 Å². The molecule has 25 nitrogen and oxygen atoms in total. The molecule has 0 spiro atoms. The summed E-state index contributed by atoms with van der Waals surface area (Å²) in [5, 5.41) is 31.6. The monoisotopic (exact) mass is 1030 g/mol. The summed E-state index contributed by atoms with van der Waals surface area (Å²) in [7, 11) is 0. The first-order chi connectivity index (χ1) is 35.3. The quantitative estimate of drug-likeness (QED) is 0.0331. The highest BCUT2D eigenvalue weighted by Gasteiger charge is 2.40. The highest BCUT2D eigenvalue weighted by atomic mass is 16.2. The van der Waals surface area contributed by atoms with Gasteiger partial charge in [0, 0.05) is 36.5 Å². The van der Waals surface area contributed by atoms with Gasteiger partial charge in [-0.1, -0.05) is 68.5 Å². The molecular weight excluding hydrogens is 959 g/mol. The second kappa shape index (κ2) is 26.8. The van der Waals surface area contributed by atoms with E-state index >= 15 is 0 Å². The number of primary amides is 1. The molecule has 2 aliphatic rings. The molecule has 2 fully saturated rings. The lowest BCUT2D eigenvalue weighted by molar-refractivity contribution is -0.136. The van der Waals surface area contributed by atoms with E-state index in [9.17, 15) is 47.9 Å². The van der Waals surface area contributed by atoms with Crippen LogP contribution in [-0.4, -0.2) is 136 Å². The molecular formula is C49H67N15O10. The molecule has 0 bridgehead atoms. The van der Waals surface area contributed by atoms with Gasteiger partial charge in [0.2, 0.25) is 47.3 Å². The molecule has 3 heterocycles. The van der Waals surface area contributed by atoms with Gasteiger partial charge in [-0.3, -0.25) is 53.5 Å². The number of nitrogens with two attached hydrogens (primary N) is 3. The van der Waals surface area contributed by atoms with Gasteiger partial charge in [0.25, 0.3) is 5.91 Å². The summed E-state index contributed by atoms with van der Waals surface area (Å²) in [5.41, 5.74) is 18.8. The van der Waals surface area contributed by atoms with Crippen molar-refractivity contribution in [1.29, 1.82) is 5.41 Å². The molecule has 0 saturated carbocycles. The molecule has 2 aliphatic heterocycles. The Morgan fingerprint density at radius 1 is 0.730 bits per heavy atom. The Morgan fingerprint density at radius 3 is 2.03 bits per heavy atom. The fourth-order valence-corrected chi connectivity index (χ4v) is 8.57. The number of H-pyrrole nitrogens is 1. The number of benzene rings is 2. The van der Waals surface area contributed by atoms with Crippen LogP contribution < -0.4 is 65.1 Å². The first kappa shape index (κ1) is 56.4. The van der Waals surface area contributed by atoms with Crippen LogP contribution in [0.25, 0.3) is 10.9 Å². The maximum absolute atomic E-state index is 14.4. The zero-order valence-electron chi connectivity index (χ0n) is 41.5. The Balaban J connectivity index is 1.48. The number of carbonyl (C=O) groups excluding carboxylic acids is 10. The molecule has 1 unspecified atom stereocenters. The number of rotatable bonds is 15. The van der Waals surface area contributed by atoms with Crippen LogP contribution >= 0.6 is 0 Å². The number of aromatic nitrogens is 1. The number of guanidine groups is 1. The molecule has 398 valence electrons. The van der Waals surface area contributed by atoms with Gasteiger partial charge in [0.05, 0.1) is 0 Å². The second-order valence-corrected chi connectivity index (χ2v) is 18.4. The zero-order chi connectivity index (χ0) is 54.1.